The summed E-state index contributed by atoms with van der Waals surface area (Å²) in [7, 11) is 9.21. The number of hydrogen-bond acceptors (Lipinski definition) is 17. The summed E-state index contributed by atoms with van der Waals surface area (Å²) >= 11 is 0. The Morgan fingerprint density at radius 3 is 1.58 bits per heavy atom. The van der Waals surface area contributed by atoms with Crippen LogP contribution < -0.4 is 83.1 Å². The van der Waals surface area contributed by atoms with E-state index in [1.807, 2.05) is 33.1 Å². The second kappa shape index (κ2) is 26.8. The average molecular weight is 857 g/mol. The van der Waals surface area contributed by atoms with E-state index >= 15 is 0 Å². The van der Waals surface area contributed by atoms with Gasteiger partial charge in [-0.25, -0.2) is 0 Å². The van der Waals surface area contributed by atoms with Crippen LogP contribution >= 0.6 is 0 Å². The molecule has 2 saturated carbocycles. The van der Waals surface area contributed by atoms with Crippen molar-refractivity contribution < 1.29 is 28.8 Å². The molecular formula is C38H80N16O6. The van der Waals surface area contributed by atoms with E-state index in [-0.39, 0.29) is 77.6 Å². The molecule has 22 nitrogen and oxygen atoms in total. The van der Waals surface area contributed by atoms with Crippen LogP contribution in [0.4, 0.5) is 0 Å². The van der Waals surface area contributed by atoms with E-state index in [0.717, 1.165) is 71.1 Å². The number of hydrogen-bond donors (Lipinski definition) is 15. The largest absolute Gasteiger partial charge is 0.368 e. The summed E-state index contributed by atoms with van der Waals surface area (Å²) in [5.74, 6) is -1.17. The quantitative estimate of drug-likeness (QED) is 0.0971. The Morgan fingerprint density at radius 2 is 1.32 bits per heavy atom. The van der Waals surface area contributed by atoms with Gasteiger partial charge >= 0.3 is 0 Å². The van der Waals surface area contributed by atoms with Gasteiger partial charge in [0.2, 0.25) is 29.5 Å². The maximum absolute atomic E-state index is 11.0. The molecule has 0 radical (unpaired) electrons. The third kappa shape index (κ3) is 17.9. The number of primary amides is 5. The first kappa shape index (κ1) is 54.6. The molecule has 6 rings (SSSR count). The van der Waals surface area contributed by atoms with Gasteiger partial charge in [0.15, 0.2) is 0 Å². The molecule has 0 aromatic heterocycles. The lowest BCUT2D eigenvalue weighted by molar-refractivity contribution is -0.124. The SMILES string of the molecule is CC(=O)C1CCCN1.CN1CC(N)CC1C(N)=O.CNC1(C(N)=O)CCC(N)C1.CNC1CCC(N)(C(N)=O)C1.CNC1CCNC1C(N)=O.CNC1CNC(C(N)=O)C1. The van der Waals surface area contributed by atoms with Crippen molar-refractivity contribution in [3.8, 4) is 0 Å². The number of Topliss-reactive ketones (excluding diaryl/α,β-unsaturated/α-hetero) is 1. The molecule has 23 N–H and O–H groups in total. The molecule has 0 aromatic carbocycles. The number of carbonyl (C=O) groups is 6. The molecule has 0 aromatic rings. The molecule has 11 unspecified atom stereocenters. The van der Waals surface area contributed by atoms with Gasteiger partial charge in [-0.1, -0.05) is 0 Å². The highest BCUT2D eigenvalue weighted by Gasteiger charge is 2.42. The molecule has 0 spiro atoms. The lowest BCUT2D eigenvalue weighted by Crippen LogP contribution is -2.52. The molecule has 4 heterocycles. The molecular weight excluding hydrogens is 777 g/mol. The van der Waals surface area contributed by atoms with Crippen LogP contribution in [0.25, 0.3) is 0 Å². The van der Waals surface area contributed by atoms with Crippen molar-refractivity contribution >= 4 is 35.3 Å². The van der Waals surface area contributed by atoms with Gasteiger partial charge in [0.25, 0.3) is 0 Å². The predicted octanol–water partition coefficient (Wildman–Crippen LogP) is -6.44. The lowest BCUT2D eigenvalue weighted by Gasteiger charge is -2.24. The van der Waals surface area contributed by atoms with Crippen molar-refractivity contribution in [2.24, 2.45) is 45.9 Å². The van der Waals surface area contributed by atoms with Gasteiger partial charge in [-0.3, -0.25) is 33.7 Å². The number of ketones is 1. The zero-order valence-corrected chi connectivity index (χ0v) is 36.8. The Kier molecular flexibility index (Phi) is 24.4. The minimum absolute atomic E-state index is 0.113. The molecule has 60 heavy (non-hydrogen) atoms. The fourth-order valence-corrected chi connectivity index (χ4v) is 8.09. The van der Waals surface area contributed by atoms with Gasteiger partial charge in [0, 0.05) is 43.3 Å². The molecule has 2 aliphatic carbocycles. The topological polar surface area (TPSA) is 398 Å². The van der Waals surface area contributed by atoms with Crippen LogP contribution in [0.15, 0.2) is 0 Å². The van der Waals surface area contributed by atoms with Crippen molar-refractivity contribution in [1.82, 2.24) is 42.1 Å². The highest BCUT2D eigenvalue weighted by molar-refractivity contribution is 5.85. The molecule has 4 saturated heterocycles. The number of nitrogens with two attached hydrogens (primary N) is 8. The number of rotatable bonds is 10. The molecule has 5 amide bonds. The minimum atomic E-state index is -0.756. The normalized spacial score (nSPS) is 34.1. The van der Waals surface area contributed by atoms with Gasteiger partial charge in [0.1, 0.15) is 11.8 Å². The van der Waals surface area contributed by atoms with Crippen LogP contribution in [-0.4, -0.2) is 167 Å². The van der Waals surface area contributed by atoms with E-state index in [2.05, 4.69) is 37.2 Å². The molecule has 4 aliphatic heterocycles. The number of likely N-dealkylation sites (tertiary alicyclic amines) is 1. The number of carbonyl (C=O) groups excluding carboxylic acids is 6. The zero-order valence-electron chi connectivity index (χ0n) is 36.8. The highest BCUT2D eigenvalue weighted by Crippen LogP contribution is 2.28. The molecule has 0 bridgehead atoms. The van der Waals surface area contributed by atoms with Crippen LogP contribution in [0.1, 0.15) is 77.6 Å². The first-order chi connectivity index (χ1) is 28.1. The second-order valence-corrected chi connectivity index (χ2v) is 16.7. The minimum Gasteiger partial charge on any atom is -0.368 e. The molecule has 6 aliphatic rings. The number of nitrogens with one attached hydrogen (secondary N) is 7. The summed E-state index contributed by atoms with van der Waals surface area (Å²) in [6.45, 7) is 5.14. The summed E-state index contributed by atoms with van der Waals surface area (Å²) in [4.78, 5) is 66.3. The molecule has 11 atom stereocenters. The first-order valence-electron chi connectivity index (χ1n) is 21.0. The van der Waals surface area contributed by atoms with E-state index in [9.17, 15) is 28.8 Å². The summed E-state index contributed by atoms with van der Waals surface area (Å²) < 4.78 is 0. The van der Waals surface area contributed by atoms with Gasteiger partial charge in [-0.05, 0) is 126 Å². The fraction of sp³-hybridized carbons (Fsp3) is 0.842. The van der Waals surface area contributed by atoms with Crippen LogP contribution in [0.2, 0.25) is 0 Å². The number of amides is 5. The summed E-state index contributed by atoms with van der Waals surface area (Å²) in [6.07, 6.45) is 9.30. The molecule has 348 valence electrons. The van der Waals surface area contributed by atoms with Gasteiger partial charge < -0.3 is 83.1 Å². The fourth-order valence-electron chi connectivity index (χ4n) is 8.09. The first-order valence-corrected chi connectivity index (χ1v) is 21.0. The highest BCUT2D eigenvalue weighted by atomic mass is 16.2. The predicted molar refractivity (Wildman–Crippen MR) is 232 cm³/mol. The van der Waals surface area contributed by atoms with E-state index < -0.39 is 11.1 Å². The Balaban J connectivity index is 0.000000361. The van der Waals surface area contributed by atoms with Crippen molar-refractivity contribution in [1.29, 1.82) is 0 Å². The van der Waals surface area contributed by atoms with Crippen LogP contribution in [0, 0.1) is 0 Å². The maximum Gasteiger partial charge on any atom is 0.237 e. The van der Waals surface area contributed by atoms with Crippen molar-refractivity contribution in [2.75, 3.05) is 61.4 Å². The Labute approximate surface area is 356 Å². The van der Waals surface area contributed by atoms with Crippen molar-refractivity contribution in [3.05, 3.63) is 0 Å². The van der Waals surface area contributed by atoms with E-state index in [1.54, 1.807) is 14.0 Å². The van der Waals surface area contributed by atoms with E-state index in [4.69, 9.17) is 45.9 Å². The summed E-state index contributed by atoms with van der Waals surface area (Å²) in [5, 5.41) is 21.3. The van der Waals surface area contributed by atoms with Crippen molar-refractivity contribution in [3.63, 3.8) is 0 Å². The Morgan fingerprint density at radius 1 is 0.667 bits per heavy atom. The average Bonchev–Trinajstić information content (AvgIpc) is 4.05. The number of likely N-dealkylation sites (N-methyl/N-ethyl adjacent to an activating group) is 4. The lowest BCUT2D eigenvalue weighted by atomic mass is 9.97. The smallest absolute Gasteiger partial charge is 0.237 e. The standard InChI is InChI=1S/2C7H15N3O.3C6H13N3O.C6H11NO/c1-10-5-2-3-7(9,4-5)6(8)11;1-10-7(6(9)11)3-2-5(8)4-7;1-8-4-2-5(6(7)10)9-3-4;1-9-3-4(7)2-5(9)6(8)10;1-8-4-2-3-9-5(4)6(7)10;1-5(8)6-3-2-4-7-6/h5,10H,2-4,9H2,1H3,(H2,8,11);5,10H,2-4,8H2,1H3,(H2,9,11);4-5,8-9H,2-3H2,1H3,(H2,7,10);4-5H,2-3,7H2,1H3,(H2,8,10);4-5,8-9H,2-3H2,1H3,(H2,7,10);6-7H,2-4H2,1H3. The van der Waals surface area contributed by atoms with Crippen LogP contribution in [0.3, 0.4) is 0 Å². The van der Waals surface area contributed by atoms with Gasteiger partial charge in [-0.15, -0.1) is 0 Å². The maximum atomic E-state index is 11.0. The van der Waals surface area contributed by atoms with Crippen molar-refractivity contribution in [2.45, 2.75) is 143 Å². The zero-order chi connectivity index (χ0) is 45.8. The van der Waals surface area contributed by atoms with Gasteiger partial charge in [0.05, 0.1) is 29.2 Å². The van der Waals surface area contributed by atoms with Crippen LogP contribution in [0.5, 0.6) is 0 Å². The number of nitrogens with zero attached hydrogens (tertiary/aromatic N) is 1. The molecule has 6 fully saturated rings. The summed E-state index contributed by atoms with van der Waals surface area (Å²) in [6, 6.07) is 0.937. The van der Waals surface area contributed by atoms with E-state index in [0.29, 0.717) is 37.8 Å². The second-order valence-electron chi connectivity index (χ2n) is 16.7. The third-order valence-electron chi connectivity index (χ3n) is 12.2. The van der Waals surface area contributed by atoms with E-state index in [1.165, 1.54) is 0 Å². The third-order valence-corrected chi connectivity index (χ3v) is 12.2. The summed E-state index contributed by atoms with van der Waals surface area (Å²) in [5.41, 5.74) is 41.5. The Bertz CT molecular complexity index is 1360. The van der Waals surface area contributed by atoms with Gasteiger partial charge in [-0.2, -0.15) is 0 Å². The monoisotopic (exact) mass is 857 g/mol. The van der Waals surface area contributed by atoms with Crippen LogP contribution in [-0.2, 0) is 28.8 Å². The Hall–Kier alpha value is -3.42. The molecule has 22 heteroatoms.